The summed E-state index contributed by atoms with van der Waals surface area (Å²) in [5.41, 5.74) is 2.07. The van der Waals surface area contributed by atoms with E-state index in [1.807, 2.05) is 42.5 Å². The monoisotopic (exact) mass is 351 g/mol. The van der Waals surface area contributed by atoms with Gasteiger partial charge in [-0.3, -0.25) is 0 Å². The smallest absolute Gasteiger partial charge is 0.133 e. The lowest BCUT2D eigenvalue weighted by Gasteiger charge is -2.10. The highest BCUT2D eigenvalue weighted by Crippen LogP contribution is 2.27. The van der Waals surface area contributed by atoms with Crippen LogP contribution in [0.25, 0.3) is 0 Å². The Hall–Kier alpha value is -1.45. The van der Waals surface area contributed by atoms with Gasteiger partial charge < -0.3 is 10.1 Å². The average molecular weight is 353 g/mol. The number of anilines is 1. The minimum absolute atomic E-state index is 0.496. The van der Waals surface area contributed by atoms with Gasteiger partial charge in [-0.1, -0.05) is 42.5 Å². The molecule has 0 spiro atoms. The van der Waals surface area contributed by atoms with Gasteiger partial charge in [0.1, 0.15) is 12.4 Å². The Morgan fingerprint density at radius 3 is 2.75 bits per heavy atom. The van der Waals surface area contributed by atoms with Crippen LogP contribution in [0.15, 0.2) is 59.6 Å². The number of halogens is 2. The lowest BCUT2D eigenvalue weighted by Crippen LogP contribution is -2.00. The number of para-hydroxylation sites is 1. The van der Waals surface area contributed by atoms with Crippen LogP contribution in [0.2, 0.25) is 5.02 Å². The Balaban J connectivity index is 2.02. The molecule has 0 heterocycles. The van der Waals surface area contributed by atoms with E-state index in [1.165, 1.54) is 0 Å². The van der Waals surface area contributed by atoms with Crippen molar-refractivity contribution in [2.45, 2.75) is 6.54 Å². The number of benzene rings is 2. The van der Waals surface area contributed by atoms with Gasteiger partial charge in [-0.25, -0.2) is 0 Å². The lowest BCUT2D eigenvalue weighted by atomic mass is 10.2. The molecule has 0 atom stereocenters. The van der Waals surface area contributed by atoms with E-state index in [0.29, 0.717) is 13.2 Å². The number of hydrogen-bond acceptors (Lipinski definition) is 2. The fourth-order valence-corrected chi connectivity index (χ4v) is 2.47. The van der Waals surface area contributed by atoms with Crippen LogP contribution in [-0.4, -0.2) is 6.61 Å². The highest BCUT2D eigenvalue weighted by Gasteiger charge is 2.03. The first kappa shape index (κ1) is 14.9. The molecule has 0 aromatic heterocycles. The molecule has 0 aliphatic heterocycles. The number of rotatable bonds is 6. The van der Waals surface area contributed by atoms with Crippen molar-refractivity contribution < 1.29 is 4.74 Å². The van der Waals surface area contributed by atoms with E-state index in [4.69, 9.17) is 16.3 Å². The van der Waals surface area contributed by atoms with Gasteiger partial charge in [-0.2, -0.15) is 0 Å². The van der Waals surface area contributed by atoms with Crippen molar-refractivity contribution in [2.24, 2.45) is 0 Å². The molecule has 2 rings (SSSR count). The van der Waals surface area contributed by atoms with Crippen LogP contribution in [0.1, 0.15) is 5.56 Å². The summed E-state index contributed by atoms with van der Waals surface area (Å²) >= 11 is 9.61. The van der Waals surface area contributed by atoms with Gasteiger partial charge >= 0.3 is 0 Å². The summed E-state index contributed by atoms with van der Waals surface area (Å²) in [6.45, 7) is 4.83. The molecular formula is C16H15BrClNO. The van der Waals surface area contributed by atoms with Crippen molar-refractivity contribution >= 4 is 33.2 Å². The van der Waals surface area contributed by atoms with Crippen LogP contribution in [0.4, 0.5) is 5.69 Å². The van der Waals surface area contributed by atoms with Gasteiger partial charge in [-0.05, 0) is 45.8 Å². The van der Waals surface area contributed by atoms with Crippen molar-refractivity contribution in [2.75, 3.05) is 11.9 Å². The molecule has 4 heteroatoms. The molecular weight excluding hydrogens is 338 g/mol. The van der Waals surface area contributed by atoms with Crippen LogP contribution in [-0.2, 0) is 6.54 Å². The molecule has 0 unspecified atom stereocenters. The van der Waals surface area contributed by atoms with Gasteiger partial charge in [0.25, 0.3) is 0 Å². The molecule has 0 saturated heterocycles. The molecule has 2 nitrogen and oxygen atoms in total. The van der Waals surface area contributed by atoms with Crippen molar-refractivity contribution in [1.82, 2.24) is 0 Å². The molecule has 0 fully saturated rings. The third kappa shape index (κ3) is 4.02. The van der Waals surface area contributed by atoms with E-state index >= 15 is 0 Å². The highest BCUT2D eigenvalue weighted by molar-refractivity contribution is 9.10. The highest BCUT2D eigenvalue weighted by atomic mass is 79.9. The summed E-state index contributed by atoms with van der Waals surface area (Å²) in [6, 6.07) is 13.7. The van der Waals surface area contributed by atoms with Crippen LogP contribution >= 0.6 is 27.5 Å². The number of ether oxygens (including phenoxy) is 1. The summed E-state index contributed by atoms with van der Waals surface area (Å²) in [6.07, 6.45) is 1.72. The molecule has 104 valence electrons. The Kier molecular flexibility index (Phi) is 5.50. The third-order valence-electron chi connectivity index (χ3n) is 2.71. The van der Waals surface area contributed by atoms with Crippen LogP contribution in [0.3, 0.4) is 0 Å². The van der Waals surface area contributed by atoms with Crippen LogP contribution < -0.4 is 10.1 Å². The topological polar surface area (TPSA) is 21.3 Å². The van der Waals surface area contributed by atoms with E-state index < -0.39 is 0 Å². The Bertz CT molecular complexity index is 601. The van der Waals surface area contributed by atoms with Gasteiger partial charge in [0.15, 0.2) is 0 Å². The third-order valence-corrected chi connectivity index (χ3v) is 3.66. The van der Waals surface area contributed by atoms with E-state index in [2.05, 4.69) is 27.8 Å². The largest absolute Gasteiger partial charge is 0.488 e. The van der Waals surface area contributed by atoms with Gasteiger partial charge in [0, 0.05) is 6.54 Å². The second kappa shape index (κ2) is 7.36. The first-order chi connectivity index (χ1) is 9.70. The maximum Gasteiger partial charge on any atom is 0.133 e. The number of nitrogens with one attached hydrogen (secondary N) is 1. The van der Waals surface area contributed by atoms with Crippen molar-refractivity contribution in [3.8, 4) is 5.75 Å². The molecule has 0 radical (unpaired) electrons. The fraction of sp³-hybridized carbons (Fsp3) is 0.125. The maximum atomic E-state index is 6.10. The Morgan fingerprint density at radius 1 is 1.25 bits per heavy atom. The summed E-state index contributed by atoms with van der Waals surface area (Å²) < 4.78 is 6.44. The van der Waals surface area contributed by atoms with Crippen molar-refractivity contribution in [3.05, 3.63) is 70.2 Å². The van der Waals surface area contributed by atoms with Gasteiger partial charge in [0.05, 0.1) is 15.2 Å². The summed E-state index contributed by atoms with van der Waals surface area (Å²) in [4.78, 5) is 0. The molecule has 0 saturated carbocycles. The van der Waals surface area contributed by atoms with Crippen molar-refractivity contribution in [3.63, 3.8) is 0 Å². The second-order valence-electron chi connectivity index (χ2n) is 4.20. The molecule has 1 N–H and O–H groups in total. The quantitative estimate of drug-likeness (QED) is 0.714. The first-order valence-corrected chi connectivity index (χ1v) is 7.38. The molecule has 20 heavy (non-hydrogen) atoms. The van der Waals surface area contributed by atoms with Crippen LogP contribution in [0, 0.1) is 0 Å². The molecule has 2 aromatic rings. The van der Waals surface area contributed by atoms with Crippen molar-refractivity contribution in [1.29, 1.82) is 0 Å². The van der Waals surface area contributed by atoms with E-state index in [9.17, 15) is 0 Å². The normalized spacial score (nSPS) is 10.1. The summed E-state index contributed by atoms with van der Waals surface area (Å²) in [7, 11) is 0. The number of hydrogen-bond donors (Lipinski definition) is 1. The average Bonchev–Trinajstić information content (AvgIpc) is 2.45. The molecule has 0 aliphatic rings. The molecule has 0 bridgehead atoms. The van der Waals surface area contributed by atoms with E-state index in [0.717, 1.165) is 26.5 Å². The zero-order chi connectivity index (χ0) is 14.4. The lowest BCUT2D eigenvalue weighted by molar-refractivity contribution is 0.361. The standard InChI is InChI=1S/C16H15BrClNO/c1-2-9-20-16-8-7-12(10-13(16)17)11-19-15-6-4-3-5-14(15)18/h2-8,10,19H,1,9,11H2. The first-order valence-electron chi connectivity index (χ1n) is 6.21. The fourth-order valence-electron chi connectivity index (χ4n) is 1.72. The molecule has 0 aliphatic carbocycles. The van der Waals surface area contributed by atoms with Gasteiger partial charge in [0.2, 0.25) is 0 Å². The summed E-state index contributed by atoms with van der Waals surface area (Å²) in [5.74, 6) is 0.811. The molecule has 0 amide bonds. The zero-order valence-corrected chi connectivity index (χ0v) is 13.2. The minimum atomic E-state index is 0.496. The van der Waals surface area contributed by atoms with E-state index in [1.54, 1.807) is 6.08 Å². The maximum absolute atomic E-state index is 6.10. The Morgan fingerprint density at radius 2 is 2.05 bits per heavy atom. The zero-order valence-electron chi connectivity index (χ0n) is 10.9. The predicted octanol–water partition coefficient (Wildman–Crippen LogP) is 5.28. The predicted molar refractivity (Wildman–Crippen MR) is 88.6 cm³/mol. The SMILES string of the molecule is C=CCOc1ccc(CNc2ccccc2Cl)cc1Br. The molecule has 2 aromatic carbocycles. The second-order valence-corrected chi connectivity index (χ2v) is 5.46. The van der Waals surface area contributed by atoms with Crippen LogP contribution in [0.5, 0.6) is 5.75 Å². The minimum Gasteiger partial charge on any atom is -0.488 e. The van der Waals surface area contributed by atoms with Gasteiger partial charge in [-0.15, -0.1) is 0 Å². The van der Waals surface area contributed by atoms with E-state index in [-0.39, 0.29) is 0 Å². The Labute approximate surface area is 132 Å². The summed E-state index contributed by atoms with van der Waals surface area (Å²) in [5, 5.41) is 4.03.